The molecule has 2 aromatic heterocycles. The molecule has 1 atom stereocenters. The molecule has 79 heavy (non-hydrogen) atoms. The molecule has 10 rings (SSSR count). The number of thiazole rings is 2. The lowest BCUT2D eigenvalue weighted by molar-refractivity contribution is -0.132. The number of rotatable bonds is 15. The fraction of sp³-hybridized carbons (Fsp3) is 0.141. The molecule has 0 saturated carbocycles. The predicted octanol–water partition coefficient (Wildman–Crippen LogP) is 14.6. The topological polar surface area (TPSA) is 171 Å². The predicted molar refractivity (Wildman–Crippen MR) is 314 cm³/mol. The van der Waals surface area contributed by atoms with Crippen LogP contribution >= 0.6 is 22.7 Å². The number of fused-ring (bicyclic) bond motifs is 2. The molecule has 2 heterocycles. The normalized spacial score (nSPS) is 11.4. The highest BCUT2D eigenvalue weighted by Crippen LogP contribution is 2.32. The van der Waals surface area contributed by atoms with Crippen LogP contribution in [0.3, 0.4) is 0 Å². The summed E-state index contributed by atoms with van der Waals surface area (Å²) >= 11 is 2.26. The van der Waals surface area contributed by atoms with Gasteiger partial charge in [0.2, 0.25) is 10.9 Å². The van der Waals surface area contributed by atoms with E-state index >= 15 is 0 Å². The number of carbonyl (C=O) groups is 5. The van der Waals surface area contributed by atoms with E-state index in [4.69, 9.17) is 5.11 Å². The first-order valence-corrected chi connectivity index (χ1v) is 27.1. The van der Waals surface area contributed by atoms with Crippen molar-refractivity contribution in [2.45, 2.75) is 52.1 Å². The number of benzene rings is 8. The first-order chi connectivity index (χ1) is 38.1. The summed E-state index contributed by atoms with van der Waals surface area (Å²) in [5, 5.41) is 18.1. The number of nitrogens with one attached hydrogen (secondary N) is 3. The van der Waals surface area contributed by atoms with Gasteiger partial charge in [-0.3, -0.25) is 19.2 Å². The zero-order valence-electron chi connectivity index (χ0n) is 43.9. The van der Waals surface area contributed by atoms with Crippen LogP contribution in [0.15, 0.2) is 188 Å². The highest BCUT2D eigenvalue weighted by molar-refractivity contribution is 7.20. The molecule has 4 N–H and O–H groups in total. The summed E-state index contributed by atoms with van der Waals surface area (Å²) < 4.78 is 14.8. The number of hydrogen-bond donors (Lipinski definition) is 4. The minimum Gasteiger partial charge on any atom is -0.476 e. The van der Waals surface area contributed by atoms with E-state index in [-0.39, 0.29) is 40.1 Å². The van der Waals surface area contributed by atoms with Crippen LogP contribution in [0.2, 0.25) is 0 Å². The molecule has 4 amide bonds. The van der Waals surface area contributed by atoms with Crippen molar-refractivity contribution in [2.75, 3.05) is 17.7 Å². The van der Waals surface area contributed by atoms with Crippen LogP contribution in [0.4, 0.5) is 15.8 Å². The maximum Gasteiger partial charge on any atom is 0.365 e. The van der Waals surface area contributed by atoms with Crippen LogP contribution in [0, 0.1) is 5.82 Å². The summed E-state index contributed by atoms with van der Waals surface area (Å²) in [5.41, 5.74) is 11.0. The van der Waals surface area contributed by atoms with Gasteiger partial charge >= 0.3 is 5.97 Å². The lowest BCUT2D eigenvalue weighted by atomic mass is 9.95. The summed E-state index contributed by atoms with van der Waals surface area (Å²) in [6.45, 7) is 8.83. The number of carbonyl (C=O) groups excluding carboxylic acids is 4. The molecule has 0 bridgehead atoms. The molecule has 0 aliphatic heterocycles. The Balaban J connectivity index is 0.000000215. The maximum absolute atomic E-state index is 13.7. The van der Waals surface area contributed by atoms with Gasteiger partial charge in [0.05, 0.1) is 20.4 Å². The lowest BCUT2D eigenvalue weighted by Gasteiger charge is -2.25. The fourth-order valence-corrected chi connectivity index (χ4v) is 10.6. The van der Waals surface area contributed by atoms with Gasteiger partial charge < -0.3 is 26.0 Å². The highest BCUT2D eigenvalue weighted by Gasteiger charge is 2.28. The van der Waals surface area contributed by atoms with E-state index in [0.29, 0.717) is 60.3 Å². The summed E-state index contributed by atoms with van der Waals surface area (Å²) in [7, 11) is 1.64. The van der Waals surface area contributed by atoms with Gasteiger partial charge in [-0.05, 0) is 117 Å². The van der Waals surface area contributed by atoms with Gasteiger partial charge in [0.15, 0.2) is 5.01 Å². The Morgan fingerprint density at radius 3 is 1.47 bits per heavy atom. The molecule has 0 fully saturated rings. The second-order valence-corrected chi connectivity index (χ2v) is 21.5. The number of hydrogen-bond acceptors (Lipinski definition) is 9. The average molecular weight is 1090 g/mol. The Morgan fingerprint density at radius 2 is 0.987 bits per heavy atom. The molecule has 0 unspecified atom stereocenters. The number of carboxylic acid groups (broad SMARTS) is 1. The maximum atomic E-state index is 13.7. The molecule has 0 radical (unpaired) electrons. The third kappa shape index (κ3) is 13.2. The number of aromatic carboxylic acids is 1. The van der Waals surface area contributed by atoms with Crippen molar-refractivity contribution in [1.82, 2.24) is 20.2 Å². The molecule has 10 aromatic rings. The first kappa shape index (κ1) is 54.6. The van der Waals surface area contributed by atoms with Gasteiger partial charge in [-0.25, -0.2) is 19.2 Å². The van der Waals surface area contributed by atoms with Crippen LogP contribution in [0.1, 0.15) is 108 Å². The van der Waals surface area contributed by atoms with Gasteiger partial charge in [-0.15, -0.1) is 22.7 Å². The third-order valence-corrected chi connectivity index (χ3v) is 15.2. The number of carboxylic acids is 1. The van der Waals surface area contributed by atoms with Crippen LogP contribution in [0.5, 0.6) is 0 Å². The molecule has 0 aliphatic carbocycles. The van der Waals surface area contributed by atoms with Crippen molar-refractivity contribution in [2.24, 2.45) is 0 Å². The van der Waals surface area contributed by atoms with E-state index in [0.717, 1.165) is 39.2 Å². The summed E-state index contributed by atoms with van der Waals surface area (Å²) in [4.78, 5) is 74.9. The van der Waals surface area contributed by atoms with Crippen molar-refractivity contribution in [3.63, 3.8) is 0 Å². The average Bonchev–Trinajstić information content (AvgIpc) is 4.14. The molecular weight excluding hydrogens is 1030 g/mol. The number of likely N-dealkylation sites (N-methyl/N-ethyl adjacent to an activating group) is 1. The van der Waals surface area contributed by atoms with Crippen molar-refractivity contribution >= 4 is 84.1 Å². The molecule has 0 aliphatic rings. The number of anilines is 2. The molecule has 0 saturated heterocycles. The molecule has 12 nitrogen and oxygen atoms in total. The van der Waals surface area contributed by atoms with Crippen molar-refractivity contribution in [3.05, 3.63) is 237 Å². The summed E-state index contributed by atoms with van der Waals surface area (Å²) in [5.74, 6) is -1.85. The van der Waals surface area contributed by atoms with E-state index in [1.54, 1.807) is 92.0 Å². The van der Waals surface area contributed by atoms with Gasteiger partial charge in [0.25, 0.3) is 17.7 Å². The lowest BCUT2D eigenvalue weighted by Crippen LogP contribution is -2.41. The Kier molecular flexibility index (Phi) is 16.9. The van der Waals surface area contributed by atoms with E-state index < -0.39 is 17.9 Å². The number of nitrogens with zero attached hydrogens (tertiary/aromatic N) is 3. The van der Waals surface area contributed by atoms with E-state index in [2.05, 4.69) is 77.9 Å². The van der Waals surface area contributed by atoms with Crippen LogP contribution in [-0.2, 0) is 11.3 Å². The molecule has 396 valence electrons. The second kappa shape index (κ2) is 24.4. The largest absolute Gasteiger partial charge is 0.476 e. The Morgan fingerprint density at radius 1 is 0.532 bits per heavy atom. The van der Waals surface area contributed by atoms with E-state index in [9.17, 15) is 28.4 Å². The number of halogens is 1. The van der Waals surface area contributed by atoms with Gasteiger partial charge in [0, 0.05) is 36.1 Å². The first-order valence-electron chi connectivity index (χ1n) is 25.5. The fourth-order valence-electron chi connectivity index (χ4n) is 8.84. The quantitative estimate of drug-likeness (QED) is 0.0786. The minimum atomic E-state index is -1.06. The van der Waals surface area contributed by atoms with Crippen molar-refractivity contribution in [3.8, 4) is 22.3 Å². The third-order valence-electron chi connectivity index (χ3n) is 13.2. The van der Waals surface area contributed by atoms with E-state index in [1.165, 1.54) is 39.5 Å². The minimum absolute atomic E-state index is 0.0312. The smallest absolute Gasteiger partial charge is 0.365 e. The Bertz CT molecular complexity index is 3840. The highest BCUT2D eigenvalue weighted by atomic mass is 32.1. The Labute approximate surface area is 464 Å². The standard InChI is InChI=1S/C40H35FN4O3S.C24H20N2O3S/c1-25(2)27-15-17-28(18-16-27)32-11-7-8-12-33(32)37(46)42-31-21-22-34-35(23-31)49-39(43-34)38(47)44-36(29-9-5-4-6-10-29)40(48)45(3)24-26-13-19-30(41)20-14-26;1-14(2)15-7-9-16(10-8-15)18-5-3-4-6-19(18)22(27)25-17-11-12-20-21(13-17)30-23(26-20)24(28)29/h4-23,25,36H,24H2,1-3H3,(H,42,46)(H,44,47);3-14H,1-2H3,(H,25,27)(H,28,29)/t36-;/m0./s1. The van der Waals surface area contributed by atoms with E-state index in [1.807, 2.05) is 66.7 Å². The van der Waals surface area contributed by atoms with Crippen molar-refractivity contribution in [1.29, 1.82) is 0 Å². The molecular formula is C64H55FN6O6S2. The molecule has 15 heteroatoms. The van der Waals surface area contributed by atoms with Gasteiger partial charge in [-0.2, -0.15) is 0 Å². The molecule has 8 aromatic carbocycles. The molecule has 0 spiro atoms. The summed E-state index contributed by atoms with van der Waals surface area (Å²) in [6.07, 6.45) is 0. The van der Waals surface area contributed by atoms with Crippen LogP contribution in [-0.4, -0.2) is 56.6 Å². The van der Waals surface area contributed by atoms with Gasteiger partial charge in [-0.1, -0.05) is 155 Å². The summed E-state index contributed by atoms with van der Waals surface area (Å²) in [6, 6.07) is 55.9. The van der Waals surface area contributed by atoms with Crippen molar-refractivity contribution < 1.29 is 33.5 Å². The number of amides is 4. The van der Waals surface area contributed by atoms with Gasteiger partial charge in [0.1, 0.15) is 11.9 Å². The number of aromatic nitrogens is 2. The Hall–Kier alpha value is -9.18. The van der Waals surface area contributed by atoms with Crippen LogP contribution < -0.4 is 16.0 Å². The van der Waals surface area contributed by atoms with Crippen LogP contribution in [0.25, 0.3) is 42.7 Å². The zero-order valence-corrected chi connectivity index (χ0v) is 45.5. The zero-order chi connectivity index (χ0) is 55.7. The SMILES string of the molecule is CC(C)c1ccc(-c2ccccc2C(=O)Nc2ccc3nc(C(=O)N[C@H](C(=O)N(C)Cc4ccc(F)cc4)c4ccccc4)sc3c2)cc1.CC(C)c1ccc(-c2ccccc2C(=O)Nc2ccc3nc(C(=O)O)sc3c2)cc1. The monoisotopic (exact) mass is 1090 g/mol. The second-order valence-electron chi connectivity index (χ2n) is 19.4.